The van der Waals surface area contributed by atoms with Crippen LogP contribution in [0.3, 0.4) is 0 Å². The summed E-state index contributed by atoms with van der Waals surface area (Å²) in [5.41, 5.74) is -0.499. The van der Waals surface area contributed by atoms with E-state index in [1.54, 1.807) is 0 Å². The standard InChI is InChI=1S/C19H21ClF4N6O/c20-17-14(27-18-25-5-12(19(22,23)24)16(28-18)10-1-2-10)6-26-30(17)15-3-4-29(7-13(15)21)11-8-31-9-11/h5-6,10-11,13,15H,1-4,7-9H2,(H,25,27,28)/t13-,15-/m0/s1. The van der Waals surface area contributed by atoms with E-state index in [1.165, 1.54) is 10.9 Å². The molecule has 0 spiro atoms. The molecule has 0 radical (unpaired) electrons. The first-order valence-electron chi connectivity index (χ1n) is 10.2. The molecule has 2 aliphatic heterocycles. The van der Waals surface area contributed by atoms with E-state index in [9.17, 15) is 17.6 Å². The molecule has 0 amide bonds. The summed E-state index contributed by atoms with van der Waals surface area (Å²) in [4.78, 5) is 9.97. The number of likely N-dealkylation sites (tertiary alicyclic amines) is 1. The zero-order valence-corrected chi connectivity index (χ0v) is 17.2. The molecule has 2 atom stereocenters. The topological polar surface area (TPSA) is 68.1 Å². The van der Waals surface area contributed by atoms with Gasteiger partial charge in [0.25, 0.3) is 0 Å². The number of hydrogen-bond acceptors (Lipinski definition) is 6. The number of rotatable bonds is 5. The molecule has 5 rings (SSSR count). The van der Waals surface area contributed by atoms with Crippen molar-refractivity contribution in [2.24, 2.45) is 0 Å². The Morgan fingerprint density at radius 3 is 2.55 bits per heavy atom. The molecule has 31 heavy (non-hydrogen) atoms. The third-order valence-corrected chi connectivity index (χ3v) is 6.44. The number of ether oxygens (including phenoxy) is 1. The maximum absolute atomic E-state index is 14.9. The molecule has 0 aromatic carbocycles. The van der Waals surface area contributed by atoms with Crippen LogP contribution in [0.1, 0.15) is 42.5 Å². The van der Waals surface area contributed by atoms with Gasteiger partial charge in [0.15, 0.2) is 5.15 Å². The SMILES string of the molecule is F[C@H]1CN(C2COC2)CC[C@@H]1n1ncc(Nc2ncc(C(F)(F)F)c(C3CC3)n2)c1Cl. The van der Waals surface area contributed by atoms with Gasteiger partial charge in [-0.3, -0.25) is 4.90 Å². The third kappa shape index (κ3) is 4.10. The molecule has 2 saturated heterocycles. The summed E-state index contributed by atoms with van der Waals surface area (Å²) in [6, 6.07) is -0.252. The van der Waals surface area contributed by atoms with Crippen molar-refractivity contribution in [1.82, 2.24) is 24.6 Å². The van der Waals surface area contributed by atoms with E-state index >= 15 is 0 Å². The first kappa shape index (κ1) is 20.9. The molecule has 4 heterocycles. The van der Waals surface area contributed by atoms with Crippen molar-refractivity contribution in [3.8, 4) is 0 Å². The molecule has 1 aliphatic carbocycles. The van der Waals surface area contributed by atoms with Gasteiger partial charge in [0.1, 0.15) is 6.17 Å². The number of nitrogens with zero attached hydrogens (tertiary/aromatic N) is 5. The molecule has 2 aromatic rings. The zero-order valence-electron chi connectivity index (χ0n) is 16.4. The van der Waals surface area contributed by atoms with Gasteiger partial charge >= 0.3 is 6.18 Å². The lowest BCUT2D eigenvalue weighted by molar-refractivity contribution is -0.138. The van der Waals surface area contributed by atoms with Crippen molar-refractivity contribution < 1.29 is 22.3 Å². The van der Waals surface area contributed by atoms with E-state index in [0.717, 1.165) is 6.20 Å². The van der Waals surface area contributed by atoms with E-state index in [1.807, 2.05) is 0 Å². The summed E-state index contributed by atoms with van der Waals surface area (Å²) in [5, 5.41) is 7.23. The second kappa shape index (κ2) is 7.86. The minimum atomic E-state index is -4.50. The predicted molar refractivity (Wildman–Crippen MR) is 104 cm³/mol. The molecule has 168 valence electrons. The normalized spacial score (nSPS) is 25.5. The number of anilines is 2. The van der Waals surface area contributed by atoms with Crippen molar-refractivity contribution in [2.45, 2.75) is 49.6 Å². The van der Waals surface area contributed by atoms with E-state index in [-0.39, 0.29) is 35.3 Å². The van der Waals surface area contributed by atoms with Gasteiger partial charge in [-0.2, -0.15) is 18.3 Å². The highest BCUT2D eigenvalue weighted by atomic mass is 35.5. The molecule has 12 heteroatoms. The Bertz CT molecular complexity index is 961. The van der Waals surface area contributed by atoms with Crippen LogP contribution >= 0.6 is 11.6 Å². The summed E-state index contributed by atoms with van der Waals surface area (Å²) in [6.07, 6.45) is -1.57. The Hall–Kier alpha value is -1.98. The van der Waals surface area contributed by atoms with Crippen LogP contribution in [0.15, 0.2) is 12.4 Å². The van der Waals surface area contributed by atoms with Crippen LogP contribution in [0.2, 0.25) is 5.15 Å². The Labute approximate surface area is 180 Å². The van der Waals surface area contributed by atoms with Gasteiger partial charge in [-0.1, -0.05) is 11.6 Å². The fraction of sp³-hybridized carbons (Fsp3) is 0.632. The second-order valence-corrected chi connectivity index (χ2v) is 8.60. The molecule has 1 N–H and O–H groups in total. The van der Waals surface area contributed by atoms with Crippen LogP contribution in [0, 0.1) is 0 Å². The molecule has 0 unspecified atom stereocenters. The lowest BCUT2D eigenvalue weighted by Crippen LogP contribution is -2.55. The molecule has 7 nitrogen and oxygen atoms in total. The van der Waals surface area contributed by atoms with E-state index in [0.29, 0.717) is 44.7 Å². The molecule has 1 saturated carbocycles. The summed E-state index contributed by atoms with van der Waals surface area (Å²) in [7, 11) is 0. The highest BCUT2D eigenvalue weighted by Gasteiger charge is 2.40. The number of piperidine rings is 1. The van der Waals surface area contributed by atoms with Crippen LogP contribution < -0.4 is 5.32 Å². The van der Waals surface area contributed by atoms with Gasteiger partial charge in [-0.05, 0) is 19.3 Å². The lowest BCUT2D eigenvalue weighted by Gasteiger charge is -2.42. The fourth-order valence-electron chi connectivity index (χ4n) is 4.08. The number of nitrogens with one attached hydrogen (secondary N) is 1. The van der Waals surface area contributed by atoms with Crippen molar-refractivity contribution in [3.05, 3.63) is 28.8 Å². The van der Waals surface area contributed by atoms with Crippen LogP contribution in [-0.4, -0.2) is 63.2 Å². The molecular formula is C19H21ClF4N6O. The van der Waals surface area contributed by atoms with Crippen molar-refractivity contribution in [3.63, 3.8) is 0 Å². The maximum Gasteiger partial charge on any atom is 0.419 e. The van der Waals surface area contributed by atoms with E-state index in [2.05, 4.69) is 25.3 Å². The number of hydrogen-bond donors (Lipinski definition) is 1. The Morgan fingerprint density at radius 2 is 1.94 bits per heavy atom. The lowest BCUT2D eigenvalue weighted by atomic mass is 10.0. The van der Waals surface area contributed by atoms with Crippen molar-refractivity contribution in [1.29, 1.82) is 0 Å². The Morgan fingerprint density at radius 1 is 1.16 bits per heavy atom. The summed E-state index contributed by atoms with van der Waals surface area (Å²) in [6.45, 7) is 2.25. The molecule has 2 aromatic heterocycles. The minimum absolute atomic E-state index is 0.00736. The summed E-state index contributed by atoms with van der Waals surface area (Å²) < 4.78 is 61.2. The van der Waals surface area contributed by atoms with Gasteiger partial charge in [0.2, 0.25) is 5.95 Å². The highest BCUT2D eigenvalue weighted by molar-refractivity contribution is 6.32. The van der Waals surface area contributed by atoms with E-state index in [4.69, 9.17) is 16.3 Å². The average molecular weight is 461 g/mol. The van der Waals surface area contributed by atoms with Crippen molar-refractivity contribution in [2.75, 3.05) is 31.6 Å². The van der Waals surface area contributed by atoms with E-state index < -0.39 is 24.0 Å². The first-order valence-corrected chi connectivity index (χ1v) is 10.6. The monoisotopic (exact) mass is 460 g/mol. The quantitative estimate of drug-likeness (QED) is 0.681. The van der Waals surface area contributed by atoms with Gasteiger partial charge in [-0.25, -0.2) is 19.0 Å². The largest absolute Gasteiger partial charge is 0.419 e. The van der Waals surface area contributed by atoms with Gasteiger partial charge < -0.3 is 10.1 Å². The van der Waals surface area contributed by atoms with Gasteiger partial charge in [0.05, 0.1) is 48.4 Å². The van der Waals surface area contributed by atoms with Crippen LogP contribution in [-0.2, 0) is 10.9 Å². The Balaban J connectivity index is 1.32. The molecule has 3 aliphatic rings. The summed E-state index contributed by atoms with van der Waals surface area (Å²) >= 11 is 6.43. The predicted octanol–water partition coefficient (Wildman–Crippen LogP) is 3.95. The van der Waals surface area contributed by atoms with Crippen LogP contribution in [0.25, 0.3) is 0 Å². The van der Waals surface area contributed by atoms with Crippen molar-refractivity contribution >= 4 is 23.2 Å². The Kier molecular flexibility index (Phi) is 5.30. The molecule has 3 fully saturated rings. The third-order valence-electron chi connectivity index (χ3n) is 6.06. The summed E-state index contributed by atoms with van der Waals surface area (Å²) in [5.74, 6) is -0.204. The van der Waals surface area contributed by atoms with Gasteiger partial charge in [-0.15, -0.1) is 0 Å². The van der Waals surface area contributed by atoms with Gasteiger partial charge in [0, 0.05) is 25.2 Å². The smallest absolute Gasteiger partial charge is 0.378 e. The first-order chi connectivity index (χ1) is 14.8. The second-order valence-electron chi connectivity index (χ2n) is 8.24. The van der Waals surface area contributed by atoms with Crippen LogP contribution in [0.4, 0.5) is 29.2 Å². The molecular weight excluding hydrogens is 440 g/mol. The number of halogens is 5. The maximum atomic E-state index is 14.9. The highest BCUT2D eigenvalue weighted by Crippen LogP contribution is 2.45. The zero-order chi connectivity index (χ0) is 21.8. The minimum Gasteiger partial charge on any atom is -0.378 e. The van der Waals surface area contributed by atoms with Crippen LogP contribution in [0.5, 0.6) is 0 Å². The number of aromatic nitrogens is 4. The average Bonchev–Trinajstić information content (AvgIpc) is 3.46. The number of alkyl halides is 4. The molecule has 0 bridgehead atoms. The fourth-order valence-corrected chi connectivity index (χ4v) is 4.35.